The van der Waals surface area contributed by atoms with Crippen LogP contribution in [0.3, 0.4) is 0 Å². The van der Waals surface area contributed by atoms with Crippen LogP contribution >= 0.6 is 9.39 Å². The van der Waals surface area contributed by atoms with Crippen molar-refractivity contribution in [2.75, 3.05) is 7.11 Å². The summed E-state index contributed by atoms with van der Waals surface area (Å²) in [4.78, 5) is 19.6. The molecule has 0 spiro atoms. The third-order valence-electron chi connectivity index (χ3n) is 5.46. The van der Waals surface area contributed by atoms with Crippen molar-refractivity contribution in [1.82, 2.24) is 8.54 Å². The van der Waals surface area contributed by atoms with Gasteiger partial charge >= 0.3 is 0 Å². The number of carbonyl (C=O) groups excluding carboxylic acids is 2. The lowest BCUT2D eigenvalue weighted by molar-refractivity contribution is -0.0980. The van der Waals surface area contributed by atoms with Gasteiger partial charge in [-0.3, -0.25) is 4.79 Å². The summed E-state index contributed by atoms with van der Waals surface area (Å²) >= 11 is 0. The van der Waals surface area contributed by atoms with E-state index in [0.29, 0.717) is 11.3 Å². The monoisotopic (exact) mass is 632 g/mol. The molecule has 0 amide bonds. The first-order valence-electron chi connectivity index (χ1n) is 14.9. The van der Waals surface area contributed by atoms with Crippen LogP contribution in [-0.2, 0) is 9.53 Å². The number of methoxy groups -OCH3 is 1. The second-order valence-electron chi connectivity index (χ2n) is 8.27. The Hall–Kier alpha value is -4.55. The van der Waals surface area contributed by atoms with Gasteiger partial charge in [0.2, 0.25) is 0 Å². The van der Waals surface area contributed by atoms with Crippen LogP contribution in [0.25, 0.3) is 11.8 Å². The molecule has 2 aromatic heterocycles. The Kier molecular flexibility index (Phi) is 27.0. The van der Waals surface area contributed by atoms with Gasteiger partial charge in [0.05, 0.1) is 7.11 Å². The Bertz CT molecular complexity index is 1460. The molecule has 6 heteroatoms. The second-order valence-corrected chi connectivity index (χ2v) is 10.8. The average molecular weight is 633 g/mol. The predicted molar refractivity (Wildman–Crippen MR) is 205 cm³/mol. The first-order valence-corrected chi connectivity index (χ1v) is 16.8. The van der Waals surface area contributed by atoms with Crippen molar-refractivity contribution in [1.29, 1.82) is 0 Å². The second kappa shape index (κ2) is 27.0. The van der Waals surface area contributed by atoms with Crippen molar-refractivity contribution in [3.63, 3.8) is 0 Å². The Morgan fingerprint density at radius 2 is 1.20 bits per heavy atom. The maximum absolute atomic E-state index is 10.5. The maximum Gasteiger partial charge on any atom is 0.151 e. The van der Waals surface area contributed by atoms with Crippen LogP contribution in [0.4, 0.5) is 0 Å². The van der Waals surface area contributed by atoms with Gasteiger partial charge in [-0.2, -0.15) is 0 Å². The largest absolute Gasteiger partial charge is 0.497 e. The molecular formula is C39H56N2O3S. The van der Waals surface area contributed by atoms with E-state index in [2.05, 4.69) is 91.9 Å². The van der Waals surface area contributed by atoms with Crippen LogP contribution in [0.5, 0.6) is 0 Å². The summed E-state index contributed by atoms with van der Waals surface area (Å²) in [5.74, 6) is 9.30. The zero-order valence-electron chi connectivity index (χ0n) is 29.1. The number of aldehydes is 1. The molecule has 45 heavy (non-hydrogen) atoms. The summed E-state index contributed by atoms with van der Waals surface area (Å²) in [5, 5.41) is 0. The zero-order valence-corrected chi connectivity index (χ0v) is 29.9. The molecule has 4 aromatic rings. The minimum Gasteiger partial charge on any atom is -0.497 e. The number of aryl methyl sites for hydroxylation is 2. The van der Waals surface area contributed by atoms with Crippen molar-refractivity contribution in [2.24, 2.45) is 0 Å². The quantitative estimate of drug-likeness (QED) is 0.0670. The lowest BCUT2D eigenvalue weighted by Gasteiger charge is -2.17. The highest BCUT2D eigenvalue weighted by atomic mass is 32.2. The minimum atomic E-state index is -1.55. The van der Waals surface area contributed by atoms with Crippen LogP contribution in [0.15, 0.2) is 122 Å². The minimum absolute atomic E-state index is 0.629. The standard InChI is InChI=1S/C18H21NOS.C12H11NO.3C2H6.C2H4.CH2O/c1-15-6-10-18(11-7-15)21(4,5)19-13-12-17(14-19)9-8-16(2)20-3;1-10-2-4-12(5-3-10)13-7-6-11(8-13)9-14;5*1-2/h6-14H,2,4-5H2,1,3H3;2-9H,1H3;3*1-2H3;1-2H2;1H2/b9-8+;;;;;;. The van der Waals surface area contributed by atoms with Crippen molar-refractivity contribution in [3.05, 3.63) is 139 Å². The van der Waals surface area contributed by atoms with Gasteiger partial charge in [-0.05, 0) is 68.0 Å². The van der Waals surface area contributed by atoms with Crippen LogP contribution in [0.2, 0.25) is 0 Å². The van der Waals surface area contributed by atoms with E-state index in [1.807, 2.05) is 102 Å². The number of allylic oxidation sites excluding steroid dienone is 1. The first kappa shape index (κ1) is 44.9. The van der Waals surface area contributed by atoms with E-state index in [0.717, 1.165) is 22.4 Å². The van der Waals surface area contributed by atoms with E-state index < -0.39 is 9.39 Å². The third-order valence-corrected chi connectivity index (χ3v) is 7.65. The lowest BCUT2D eigenvalue weighted by atomic mass is 10.2. The summed E-state index contributed by atoms with van der Waals surface area (Å²) in [6.45, 7) is 27.9. The van der Waals surface area contributed by atoms with E-state index in [9.17, 15) is 4.79 Å². The molecule has 0 N–H and O–H groups in total. The molecule has 2 heterocycles. The molecule has 0 bridgehead atoms. The third kappa shape index (κ3) is 16.2. The number of carbonyl (C=O) groups is 2. The summed E-state index contributed by atoms with van der Waals surface area (Å²) in [7, 11) is 0.0575. The van der Waals surface area contributed by atoms with E-state index in [1.54, 1.807) is 13.2 Å². The highest BCUT2D eigenvalue weighted by Gasteiger charge is 2.04. The SMILES string of the molecule is C=C.C=C(/C=C/c1ccn(S(=C)(=C)c2ccc(C)cc2)c1)OC.C=O.CC.CC.CC.Cc1ccc(-n2ccc(C=O)c2)cc1. The molecule has 4 rings (SSSR count). The molecule has 5 nitrogen and oxygen atoms in total. The van der Waals surface area contributed by atoms with Crippen LogP contribution < -0.4 is 0 Å². The van der Waals surface area contributed by atoms with Crippen molar-refractivity contribution < 1.29 is 14.3 Å². The molecule has 0 saturated heterocycles. The Labute approximate surface area is 274 Å². The Morgan fingerprint density at radius 3 is 1.64 bits per heavy atom. The summed E-state index contributed by atoms with van der Waals surface area (Å²) < 4.78 is 9.04. The summed E-state index contributed by atoms with van der Waals surface area (Å²) in [6.07, 6.45) is 12.4. The molecule has 0 aliphatic heterocycles. The fourth-order valence-corrected chi connectivity index (χ4v) is 4.74. The Morgan fingerprint density at radius 1 is 0.733 bits per heavy atom. The van der Waals surface area contributed by atoms with Crippen molar-refractivity contribution in [2.45, 2.75) is 60.3 Å². The van der Waals surface area contributed by atoms with Crippen molar-refractivity contribution >= 4 is 40.3 Å². The van der Waals surface area contributed by atoms with Gasteiger partial charge in [0.15, 0.2) is 6.29 Å². The number of aromatic nitrogens is 2. The number of hydrogen-bond donors (Lipinski definition) is 0. The van der Waals surface area contributed by atoms with Crippen LogP contribution in [0.1, 0.15) is 68.6 Å². The number of hydrogen-bond acceptors (Lipinski definition) is 3. The van der Waals surface area contributed by atoms with Crippen LogP contribution in [0, 0.1) is 13.8 Å². The molecule has 2 aromatic carbocycles. The molecule has 0 unspecified atom stereocenters. The van der Waals surface area contributed by atoms with Gasteiger partial charge in [-0.1, -0.05) is 95.3 Å². The highest BCUT2D eigenvalue weighted by Crippen LogP contribution is 2.34. The van der Waals surface area contributed by atoms with Gasteiger partial charge < -0.3 is 18.1 Å². The van der Waals surface area contributed by atoms with Gasteiger partial charge in [-0.25, -0.2) is 0 Å². The normalized spacial score (nSPS) is 9.18. The number of nitrogens with zero attached hydrogens (tertiary/aromatic N) is 2. The zero-order chi connectivity index (χ0) is 35.4. The molecule has 0 atom stereocenters. The van der Waals surface area contributed by atoms with Gasteiger partial charge in [-0.15, -0.1) is 22.6 Å². The van der Waals surface area contributed by atoms with E-state index >= 15 is 0 Å². The molecule has 0 aliphatic rings. The smallest absolute Gasteiger partial charge is 0.151 e. The molecular weight excluding hydrogens is 577 g/mol. The average Bonchev–Trinajstić information content (AvgIpc) is 3.80. The molecule has 0 fully saturated rings. The Balaban J connectivity index is -0.000000637. The van der Waals surface area contributed by atoms with E-state index in [-0.39, 0.29) is 0 Å². The topological polar surface area (TPSA) is 53.2 Å². The molecule has 0 radical (unpaired) electrons. The predicted octanol–water partition coefficient (Wildman–Crippen LogP) is 10.8. The fraction of sp³-hybridized carbons (Fsp3) is 0.231. The van der Waals surface area contributed by atoms with Crippen molar-refractivity contribution in [3.8, 4) is 5.69 Å². The summed E-state index contributed by atoms with van der Waals surface area (Å²) in [6, 6.07) is 20.4. The number of benzene rings is 2. The van der Waals surface area contributed by atoms with Gasteiger partial charge in [0.1, 0.15) is 12.5 Å². The maximum atomic E-state index is 10.5. The molecule has 0 aliphatic carbocycles. The van der Waals surface area contributed by atoms with Crippen LogP contribution in [-0.4, -0.2) is 40.5 Å². The van der Waals surface area contributed by atoms with E-state index in [4.69, 9.17) is 9.53 Å². The number of ether oxygens (including phenoxy) is 1. The highest BCUT2D eigenvalue weighted by molar-refractivity contribution is 8.26. The van der Waals surface area contributed by atoms with E-state index in [1.165, 1.54) is 11.1 Å². The number of rotatable bonds is 7. The fourth-order valence-electron chi connectivity index (χ4n) is 3.24. The lowest BCUT2D eigenvalue weighted by Crippen LogP contribution is -1.92. The summed E-state index contributed by atoms with van der Waals surface area (Å²) in [5.41, 5.74) is 5.32. The molecule has 246 valence electrons. The van der Waals surface area contributed by atoms with Gasteiger partial charge in [0, 0.05) is 40.9 Å². The first-order chi connectivity index (χ1) is 21.7. The van der Waals surface area contributed by atoms with Gasteiger partial charge in [0.25, 0.3) is 0 Å². The molecule has 0 saturated carbocycles.